The molecule has 34 heavy (non-hydrogen) atoms. The maximum atomic E-state index is 3.27. The van der Waals surface area contributed by atoms with Gasteiger partial charge in [0.25, 0.3) is 0 Å². The monoisotopic (exact) mass is 580 g/mol. The maximum absolute atomic E-state index is 3.27. The van der Waals surface area contributed by atoms with Crippen LogP contribution >= 0.6 is 24.8 Å². The van der Waals surface area contributed by atoms with E-state index in [0.717, 1.165) is 12.8 Å². The van der Waals surface area contributed by atoms with Crippen LogP contribution in [-0.4, -0.2) is 6.88 Å². The van der Waals surface area contributed by atoms with Gasteiger partial charge in [-0.3, -0.25) is 0 Å². The number of rotatable bonds is 0. The Labute approximate surface area is 235 Å². The van der Waals surface area contributed by atoms with Crippen molar-refractivity contribution in [3.05, 3.63) is 133 Å². The van der Waals surface area contributed by atoms with E-state index in [2.05, 4.69) is 86.6 Å². The molecule has 4 aromatic carbocycles. The summed E-state index contributed by atoms with van der Waals surface area (Å²) in [5.41, 5.74) is 14.0. The van der Waals surface area contributed by atoms with Crippen LogP contribution in [0.25, 0.3) is 22.3 Å². The van der Waals surface area contributed by atoms with Crippen LogP contribution in [0.3, 0.4) is 0 Å². The van der Waals surface area contributed by atoms with Crippen molar-refractivity contribution in [2.45, 2.75) is 26.7 Å². The summed E-state index contributed by atoms with van der Waals surface area (Å²) in [7, 11) is 0. The Morgan fingerprint density at radius 2 is 0.941 bits per heavy atom. The van der Waals surface area contributed by atoms with Gasteiger partial charge in [-0.05, 0) is 35.1 Å². The summed E-state index contributed by atoms with van der Waals surface area (Å²) in [6, 6.07) is 32.2. The molecule has 0 amide bonds. The molecule has 4 heteroatoms. The number of hydrogen-bond acceptors (Lipinski definition) is 0. The van der Waals surface area contributed by atoms with Crippen molar-refractivity contribution in [2.24, 2.45) is 0 Å². The van der Waals surface area contributed by atoms with Gasteiger partial charge in [0.1, 0.15) is 0 Å². The van der Waals surface area contributed by atoms with Crippen LogP contribution in [0.4, 0.5) is 0 Å². The number of benzene rings is 4. The van der Waals surface area contributed by atoms with E-state index in [1.165, 1.54) is 55.6 Å². The first-order chi connectivity index (χ1) is 14.7. The van der Waals surface area contributed by atoms with Gasteiger partial charge in [0.2, 0.25) is 0 Å². The normalized spacial score (nSPS) is 10.3. The number of hydrogen-bond donors (Lipinski definition) is 0. The van der Waals surface area contributed by atoms with Gasteiger partial charge >= 0.3 is 30.2 Å². The molecular formula is C30H32Cl2SiZr-4. The van der Waals surface area contributed by atoms with Crippen LogP contribution < -0.4 is 0 Å². The third-order valence-electron chi connectivity index (χ3n) is 6.00. The zero-order valence-electron chi connectivity index (χ0n) is 20.4. The fourth-order valence-electron chi connectivity index (χ4n) is 4.50. The fraction of sp³-hybridized carbons (Fsp3) is 0.133. The molecule has 2 aliphatic rings. The number of aryl methyl sites for hydroxylation is 2. The minimum atomic E-state index is 0. The van der Waals surface area contributed by atoms with Crippen molar-refractivity contribution in [3.8, 4) is 22.3 Å². The molecule has 2 aliphatic carbocycles. The van der Waals surface area contributed by atoms with Gasteiger partial charge in [0.05, 0.1) is 0 Å². The van der Waals surface area contributed by atoms with Gasteiger partial charge in [0, 0.05) is 0 Å². The first kappa shape index (κ1) is 32.6. The van der Waals surface area contributed by atoms with E-state index in [1.807, 2.05) is 19.0 Å². The summed E-state index contributed by atoms with van der Waals surface area (Å²) in [5.74, 6) is 0. The van der Waals surface area contributed by atoms with Crippen LogP contribution in [0.5, 0.6) is 0 Å². The van der Waals surface area contributed by atoms with Crippen LogP contribution in [0.2, 0.25) is 0 Å². The van der Waals surface area contributed by atoms with Gasteiger partial charge in [0.15, 0.2) is 0 Å². The van der Waals surface area contributed by atoms with Crippen molar-refractivity contribution >= 4 is 31.7 Å². The molecule has 4 aromatic rings. The van der Waals surface area contributed by atoms with Gasteiger partial charge in [-0.15, -0.1) is 47.1 Å². The third kappa shape index (κ3) is 6.41. The van der Waals surface area contributed by atoms with Crippen LogP contribution in [0.1, 0.15) is 33.4 Å². The summed E-state index contributed by atoms with van der Waals surface area (Å²) >= 11 is 1.58. The Hall–Kier alpha value is -1.44. The Kier molecular flexibility index (Phi) is 14.2. The quantitative estimate of drug-likeness (QED) is 0.128. The average molecular weight is 583 g/mol. The molecule has 0 nitrogen and oxygen atoms in total. The first-order valence-corrected chi connectivity index (χ1v) is 16.2. The van der Waals surface area contributed by atoms with Crippen LogP contribution in [0.15, 0.2) is 72.8 Å². The van der Waals surface area contributed by atoms with Crippen molar-refractivity contribution in [3.63, 3.8) is 0 Å². The molecule has 178 valence electrons. The molecule has 0 fully saturated rings. The zero-order chi connectivity index (χ0) is 21.1. The summed E-state index contributed by atoms with van der Waals surface area (Å²) in [6.07, 6.45) is 2.16. The van der Waals surface area contributed by atoms with Crippen molar-refractivity contribution in [1.82, 2.24) is 0 Å². The SMILES string of the molecule is Cc1[c-]ccc2c1Cc1ccccc1-2.Cc1[c-]ccc2c1Cc1ccccc1-2.Cl.Cl.[CH3-].[CH3-].[SiH2]=[Zr]. The summed E-state index contributed by atoms with van der Waals surface area (Å²) in [5, 5.41) is 0. The molecule has 0 N–H and O–H groups in total. The third-order valence-corrected chi connectivity index (χ3v) is 6.00. The van der Waals surface area contributed by atoms with E-state index in [1.54, 1.807) is 23.3 Å². The molecule has 0 atom stereocenters. The molecular weight excluding hydrogens is 551 g/mol. The zero-order valence-corrected chi connectivity index (χ0v) is 25.9. The van der Waals surface area contributed by atoms with E-state index >= 15 is 0 Å². The van der Waals surface area contributed by atoms with Crippen molar-refractivity contribution < 1.29 is 23.3 Å². The topological polar surface area (TPSA) is 0 Å². The van der Waals surface area contributed by atoms with Gasteiger partial charge in [-0.25, -0.2) is 0 Å². The molecule has 6 rings (SSSR count). The predicted octanol–water partition coefficient (Wildman–Crippen LogP) is 7.56. The van der Waals surface area contributed by atoms with Gasteiger partial charge in [-0.1, -0.05) is 62.4 Å². The standard InChI is InChI=1S/2C14H11.2CH3.2ClH.H2Si.Zr/c2*1-10-5-4-8-13-12-7-3-2-6-11(12)9-14(10)13;;;;;;/h2*2-4,6-8H,9H2,1H3;2*1H3;2*1H;1H2;/q4*-1;;;;. The summed E-state index contributed by atoms with van der Waals surface area (Å²) < 4.78 is 0. The molecule has 0 saturated carbocycles. The van der Waals surface area contributed by atoms with Gasteiger partial charge in [-0.2, -0.15) is 47.5 Å². The Morgan fingerprint density at radius 1 is 0.588 bits per heavy atom. The van der Waals surface area contributed by atoms with Crippen LogP contribution in [0, 0.1) is 40.8 Å². The predicted molar refractivity (Wildman–Crippen MR) is 152 cm³/mol. The second-order valence-corrected chi connectivity index (χ2v) is 7.66. The number of fused-ring (bicyclic) bond motifs is 6. The van der Waals surface area contributed by atoms with Crippen LogP contribution in [-0.2, 0) is 36.2 Å². The number of halogens is 2. The van der Waals surface area contributed by atoms with Crippen molar-refractivity contribution in [2.75, 3.05) is 0 Å². The molecule has 0 aromatic heterocycles. The second kappa shape index (κ2) is 14.8. The molecule has 0 saturated heterocycles. The molecule has 0 radical (unpaired) electrons. The Balaban J connectivity index is 0.000000538. The van der Waals surface area contributed by atoms with E-state index in [9.17, 15) is 0 Å². The van der Waals surface area contributed by atoms with E-state index in [-0.39, 0.29) is 39.7 Å². The summed E-state index contributed by atoms with van der Waals surface area (Å²) in [6.45, 7) is 6.24. The van der Waals surface area contributed by atoms with E-state index in [4.69, 9.17) is 0 Å². The van der Waals surface area contributed by atoms with E-state index in [0.29, 0.717) is 0 Å². The van der Waals surface area contributed by atoms with Gasteiger partial charge < -0.3 is 14.9 Å². The average Bonchev–Trinajstić information content (AvgIpc) is 3.36. The Bertz CT molecular complexity index is 1130. The minimum absolute atomic E-state index is 0. The Morgan fingerprint density at radius 3 is 1.32 bits per heavy atom. The molecule has 0 spiro atoms. The fourth-order valence-corrected chi connectivity index (χ4v) is 4.50. The first-order valence-electron chi connectivity index (χ1n) is 10.2. The molecule has 0 unspecified atom stereocenters. The van der Waals surface area contributed by atoms with Crippen molar-refractivity contribution in [1.29, 1.82) is 0 Å². The molecule has 0 heterocycles. The van der Waals surface area contributed by atoms with E-state index < -0.39 is 0 Å². The molecule has 0 aliphatic heterocycles. The summed E-state index contributed by atoms with van der Waals surface area (Å²) in [4.78, 5) is 0. The molecule has 0 bridgehead atoms. The second-order valence-electron chi connectivity index (χ2n) is 7.66.